The number of aliphatic carboxylic acids is 4. The Morgan fingerprint density at radius 2 is 0.696 bits per heavy atom. The van der Waals surface area contributed by atoms with E-state index in [2.05, 4.69) is 0 Å². The van der Waals surface area contributed by atoms with E-state index in [0.717, 1.165) is 22.3 Å². The van der Waals surface area contributed by atoms with Gasteiger partial charge in [-0.15, -0.1) is 0 Å². The van der Waals surface area contributed by atoms with Crippen LogP contribution in [-0.2, 0) is 44.9 Å². The molecule has 14 heteroatoms. The van der Waals surface area contributed by atoms with Crippen LogP contribution in [0.5, 0.6) is 23.0 Å². The van der Waals surface area contributed by atoms with E-state index in [4.69, 9.17) is 9.47 Å². The average Bonchev–Trinajstić information content (AvgIpc) is 3.12. The number of hydrogen-bond donors (Lipinski definition) is 6. The fraction of sp³-hybridized carbons (Fsp3) is 0.333. The van der Waals surface area contributed by atoms with Crippen LogP contribution in [-0.4, -0.2) is 117 Å². The minimum Gasteiger partial charge on any atom is -0.507 e. The number of phenolic OH excluding ortho intramolecular Hbond substituents is 2. The van der Waals surface area contributed by atoms with Gasteiger partial charge >= 0.3 is 23.9 Å². The highest BCUT2D eigenvalue weighted by atomic mass is 16.5. The molecule has 6 N–H and O–H groups in total. The molecule has 4 aromatic rings. The Morgan fingerprint density at radius 3 is 0.946 bits per heavy atom. The van der Waals surface area contributed by atoms with Crippen LogP contribution in [0.3, 0.4) is 0 Å². The summed E-state index contributed by atoms with van der Waals surface area (Å²) in [5.74, 6) is -3.19. The fourth-order valence-electron chi connectivity index (χ4n) is 7.00. The summed E-state index contributed by atoms with van der Waals surface area (Å²) in [5, 5.41) is 60.3. The predicted molar refractivity (Wildman–Crippen MR) is 204 cm³/mol. The fourth-order valence-corrected chi connectivity index (χ4v) is 7.00. The number of hydrogen-bond acceptors (Lipinski definition) is 10. The molecule has 0 radical (unpaired) electrons. The van der Waals surface area contributed by atoms with Crippen LogP contribution in [0.1, 0.15) is 57.3 Å². The van der Waals surface area contributed by atoms with Crippen LogP contribution >= 0.6 is 0 Å². The lowest BCUT2D eigenvalue weighted by atomic mass is 9.91. The second kappa shape index (κ2) is 19.5. The van der Waals surface area contributed by atoms with Gasteiger partial charge in [-0.2, -0.15) is 0 Å². The first-order chi connectivity index (χ1) is 26.9. The molecule has 0 aromatic heterocycles. The van der Waals surface area contributed by atoms with Crippen molar-refractivity contribution in [2.45, 2.75) is 38.5 Å². The molecule has 0 spiro atoms. The Labute approximate surface area is 323 Å². The van der Waals surface area contributed by atoms with Crippen molar-refractivity contribution in [3.05, 3.63) is 117 Å². The first kappa shape index (κ1) is 41.1. The molecule has 0 atom stereocenters. The zero-order valence-corrected chi connectivity index (χ0v) is 30.9. The molecule has 0 amide bonds. The van der Waals surface area contributed by atoms with Gasteiger partial charge in [0.25, 0.3) is 0 Å². The van der Waals surface area contributed by atoms with Crippen molar-refractivity contribution in [3.8, 4) is 23.0 Å². The van der Waals surface area contributed by atoms with Crippen molar-refractivity contribution in [2.24, 2.45) is 0 Å². The molecule has 14 nitrogen and oxygen atoms in total. The third kappa shape index (κ3) is 11.4. The number of phenols is 2. The molecule has 0 fully saturated rings. The molecule has 0 unspecified atom stereocenters. The summed E-state index contributed by atoms with van der Waals surface area (Å²) in [7, 11) is 0. The predicted octanol–water partition coefficient (Wildman–Crippen LogP) is 4.25. The molecule has 56 heavy (non-hydrogen) atoms. The maximum absolute atomic E-state index is 11.7. The number of fused-ring (bicyclic) bond motifs is 8. The van der Waals surface area contributed by atoms with Gasteiger partial charge in [-0.3, -0.25) is 29.0 Å². The quantitative estimate of drug-likeness (QED) is 0.0688. The molecule has 0 saturated heterocycles. The highest BCUT2D eigenvalue weighted by Gasteiger charge is 2.21. The molecule has 1 aliphatic carbocycles. The van der Waals surface area contributed by atoms with Gasteiger partial charge in [0.15, 0.2) is 0 Å². The van der Waals surface area contributed by atoms with Crippen LogP contribution < -0.4 is 9.47 Å². The minimum absolute atomic E-state index is 0.103. The maximum Gasteiger partial charge on any atom is 0.317 e. The molecule has 0 heterocycles. The van der Waals surface area contributed by atoms with Gasteiger partial charge in [0.2, 0.25) is 0 Å². The van der Waals surface area contributed by atoms with Crippen molar-refractivity contribution in [1.82, 2.24) is 9.80 Å². The van der Waals surface area contributed by atoms with E-state index >= 15 is 0 Å². The van der Waals surface area contributed by atoms with Crippen LogP contribution in [0.4, 0.5) is 0 Å². The summed E-state index contributed by atoms with van der Waals surface area (Å²) < 4.78 is 12.8. The van der Waals surface area contributed by atoms with Gasteiger partial charge in [0.1, 0.15) is 23.0 Å². The molecule has 5 rings (SSSR count). The number of para-hydroxylation sites is 4. The smallest absolute Gasteiger partial charge is 0.317 e. The first-order valence-electron chi connectivity index (χ1n) is 18.3. The van der Waals surface area contributed by atoms with Gasteiger partial charge in [-0.05, 0) is 57.3 Å². The summed E-state index contributed by atoms with van der Waals surface area (Å²) in [6.45, 7) is -0.990. The topological polar surface area (TPSA) is 215 Å². The largest absolute Gasteiger partial charge is 0.507 e. The standard InChI is InChI=1S/C42H46N2O12/c45-35(46)23-43(24-36(47)48)15-5-17-55-41-31-11-3-13-33(41)21-29-9-2-10-30(40(29)54)22-34-14-4-12-32(20-28-8-1-7-27(19-31)39(28)53)42(34)56-18-6-16-44(25-37(49)50)26-38(51)52/h1-4,7-14,53-54H,5-6,15-26H2,(H,45,46)(H,47,48)(H,49,50)(H,51,52). The van der Waals surface area contributed by atoms with E-state index in [-0.39, 0.29) is 37.8 Å². The molecule has 296 valence electrons. The van der Waals surface area contributed by atoms with Crippen LogP contribution in [0, 0.1) is 0 Å². The van der Waals surface area contributed by atoms with Crippen molar-refractivity contribution < 1.29 is 59.3 Å². The van der Waals surface area contributed by atoms with Gasteiger partial charge in [0, 0.05) is 38.8 Å². The normalized spacial score (nSPS) is 12.3. The van der Waals surface area contributed by atoms with Crippen LogP contribution in [0.2, 0.25) is 0 Å². The van der Waals surface area contributed by atoms with Gasteiger partial charge in [0.05, 0.1) is 39.4 Å². The Bertz CT molecular complexity index is 1790. The lowest BCUT2D eigenvalue weighted by molar-refractivity contribution is -0.143. The maximum atomic E-state index is 11.7. The highest BCUT2D eigenvalue weighted by Crippen LogP contribution is 2.38. The number of benzene rings is 4. The number of carbonyl (C=O) groups is 4. The number of rotatable bonds is 18. The molecular formula is C42H46N2O12. The minimum atomic E-state index is -1.13. The molecule has 0 aliphatic heterocycles. The van der Waals surface area contributed by atoms with E-state index in [1.54, 1.807) is 0 Å². The first-order valence-corrected chi connectivity index (χ1v) is 18.3. The van der Waals surface area contributed by atoms with E-state index in [1.807, 2.05) is 72.8 Å². The molecule has 1 aliphatic rings. The third-order valence-electron chi connectivity index (χ3n) is 9.45. The second-order valence-electron chi connectivity index (χ2n) is 13.8. The average molecular weight is 771 g/mol. The van der Waals surface area contributed by atoms with Crippen molar-refractivity contribution >= 4 is 23.9 Å². The summed E-state index contributed by atoms with van der Waals surface area (Å²) in [4.78, 5) is 47.8. The lowest BCUT2D eigenvalue weighted by Gasteiger charge is -2.21. The van der Waals surface area contributed by atoms with Crippen molar-refractivity contribution in [2.75, 3.05) is 52.5 Å². The Morgan fingerprint density at radius 1 is 0.446 bits per heavy atom. The van der Waals surface area contributed by atoms with Crippen LogP contribution in [0.15, 0.2) is 72.8 Å². The number of nitrogens with zero attached hydrogens (tertiary/aromatic N) is 2. The lowest BCUT2D eigenvalue weighted by Crippen LogP contribution is -2.35. The SMILES string of the molecule is O=C(O)CN(CCCOc1c2cccc1Cc1cccc(c1O)Cc1cccc(c1OCCCN(CC(=O)O)CC(=O)O)Cc1cccc(c1O)C2)CC(=O)O. The summed E-state index contributed by atoms with van der Waals surface area (Å²) in [5.41, 5.74) is 5.68. The Hall–Kier alpha value is -6.12. The number of carboxylic acids is 4. The number of carboxylic acid groups (broad SMARTS) is 4. The molecule has 4 aromatic carbocycles. The summed E-state index contributed by atoms with van der Waals surface area (Å²) >= 11 is 0. The van der Waals surface area contributed by atoms with Gasteiger partial charge in [-0.25, -0.2) is 0 Å². The third-order valence-corrected chi connectivity index (χ3v) is 9.45. The Balaban J connectivity index is 1.47. The second-order valence-corrected chi connectivity index (χ2v) is 13.8. The van der Waals surface area contributed by atoms with Crippen molar-refractivity contribution in [1.29, 1.82) is 0 Å². The number of ether oxygens (including phenoxy) is 2. The van der Waals surface area contributed by atoms with E-state index in [9.17, 15) is 49.8 Å². The van der Waals surface area contributed by atoms with E-state index in [1.165, 1.54) is 9.80 Å². The zero-order valence-electron chi connectivity index (χ0n) is 30.9. The van der Waals surface area contributed by atoms with E-state index < -0.39 is 50.1 Å². The zero-order chi connectivity index (χ0) is 40.2. The molecule has 8 bridgehead atoms. The number of aromatic hydroxyl groups is 2. The molecular weight excluding hydrogens is 724 g/mol. The van der Waals surface area contributed by atoms with Gasteiger partial charge < -0.3 is 40.1 Å². The Kier molecular flexibility index (Phi) is 14.3. The van der Waals surface area contributed by atoms with Gasteiger partial charge in [-0.1, -0.05) is 72.8 Å². The van der Waals surface area contributed by atoms with Crippen LogP contribution in [0.25, 0.3) is 0 Å². The highest BCUT2D eigenvalue weighted by molar-refractivity contribution is 5.73. The monoisotopic (exact) mass is 770 g/mol. The van der Waals surface area contributed by atoms with Crippen molar-refractivity contribution in [3.63, 3.8) is 0 Å². The summed E-state index contributed by atoms with van der Waals surface area (Å²) in [6.07, 6.45) is 1.89. The summed E-state index contributed by atoms with van der Waals surface area (Å²) in [6, 6.07) is 22.4. The molecule has 0 saturated carbocycles. The van der Waals surface area contributed by atoms with E-state index in [0.29, 0.717) is 72.3 Å².